The summed E-state index contributed by atoms with van der Waals surface area (Å²) in [5.41, 5.74) is 1.51. The zero-order valence-electron chi connectivity index (χ0n) is 14.6. The maximum atomic E-state index is 13.8. The fraction of sp³-hybridized carbons (Fsp3) is 0.263. The number of rotatable bonds is 5. The molecular formula is C19H18F3N3O. The van der Waals surface area contributed by atoms with Crippen LogP contribution in [0.3, 0.4) is 0 Å². The predicted molar refractivity (Wildman–Crippen MR) is 90.7 cm³/mol. The molecule has 0 amide bonds. The van der Waals surface area contributed by atoms with E-state index in [0.717, 1.165) is 6.07 Å². The van der Waals surface area contributed by atoms with E-state index in [4.69, 9.17) is 4.52 Å². The monoisotopic (exact) mass is 361 g/mol. The van der Waals surface area contributed by atoms with Crippen molar-refractivity contribution < 1.29 is 17.7 Å². The van der Waals surface area contributed by atoms with Crippen molar-refractivity contribution in [3.63, 3.8) is 0 Å². The van der Waals surface area contributed by atoms with Crippen molar-refractivity contribution >= 4 is 0 Å². The van der Waals surface area contributed by atoms with Crippen LogP contribution in [0.4, 0.5) is 13.2 Å². The van der Waals surface area contributed by atoms with Crippen LogP contribution in [0.25, 0.3) is 11.4 Å². The van der Waals surface area contributed by atoms with Crippen molar-refractivity contribution in [2.24, 2.45) is 0 Å². The Morgan fingerprint density at radius 3 is 2.54 bits per heavy atom. The van der Waals surface area contributed by atoms with E-state index in [2.05, 4.69) is 10.1 Å². The Balaban J connectivity index is 1.76. The summed E-state index contributed by atoms with van der Waals surface area (Å²) in [6.45, 7) is 3.75. The molecule has 1 atom stereocenters. The van der Waals surface area contributed by atoms with Gasteiger partial charge >= 0.3 is 0 Å². The topological polar surface area (TPSA) is 42.2 Å². The van der Waals surface area contributed by atoms with Gasteiger partial charge in [0.2, 0.25) is 11.7 Å². The number of hydrogen-bond donors (Lipinski definition) is 0. The number of halogens is 3. The lowest BCUT2D eigenvalue weighted by atomic mass is 10.1. The highest BCUT2D eigenvalue weighted by Crippen LogP contribution is 2.24. The van der Waals surface area contributed by atoms with Crippen molar-refractivity contribution in [3.8, 4) is 11.4 Å². The summed E-state index contributed by atoms with van der Waals surface area (Å²) in [6, 6.07) is 7.78. The Hall–Kier alpha value is -2.67. The second-order valence-electron chi connectivity index (χ2n) is 6.25. The quantitative estimate of drug-likeness (QED) is 0.663. The first kappa shape index (κ1) is 18.1. The Bertz CT molecular complexity index is 926. The van der Waals surface area contributed by atoms with E-state index in [1.165, 1.54) is 18.2 Å². The first-order chi connectivity index (χ1) is 12.3. The maximum Gasteiger partial charge on any atom is 0.244 e. The minimum Gasteiger partial charge on any atom is -0.337 e. The molecule has 26 heavy (non-hydrogen) atoms. The second-order valence-corrected chi connectivity index (χ2v) is 6.25. The number of benzene rings is 2. The summed E-state index contributed by atoms with van der Waals surface area (Å²) in [5, 5.41) is 3.94. The van der Waals surface area contributed by atoms with Gasteiger partial charge in [-0.3, -0.25) is 4.90 Å². The van der Waals surface area contributed by atoms with Gasteiger partial charge in [-0.05, 0) is 50.7 Å². The molecule has 3 aromatic rings. The zero-order chi connectivity index (χ0) is 18.8. The third-order valence-electron chi connectivity index (χ3n) is 4.31. The molecule has 3 rings (SSSR count). The summed E-state index contributed by atoms with van der Waals surface area (Å²) >= 11 is 0. The standard InChI is InChI=1S/C19H18F3N3O/c1-11-8-13(5-7-16(11)21)18-23-19(26-24-18)12(2)25(3)10-14-4-6-15(20)9-17(14)22/h4-9,12H,10H2,1-3H3. The molecular weight excluding hydrogens is 343 g/mol. The fourth-order valence-corrected chi connectivity index (χ4v) is 2.55. The highest BCUT2D eigenvalue weighted by Gasteiger charge is 2.21. The minimum atomic E-state index is -0.613. The van der Waals surface area contributed by atoms with Gasteiger partial charge in [0.15, 0.2) is 0 Å². The van der Waals surface area contributed by atoms with Crippen molar-refractivity contribution in [3.05, 3.63) is 70.9 Å². The maximum absolute atomic E-state index is 13.8. The van der Waals surface area contributed by atoms with Crippen LogP contribution in [0.1, 0.15) is 30.0 Å². The third-order valence-corrected chi connectivity index (χ3v) is 4.31. The van der Waals surface area contributed by atoms with Gasteiger partial charge in [-0.25, -0.2) is 13.2 Å². The van der Waals surface area contributed by atoms with Gasteiger partial charge in [-0.2, -0.15) is 4.98 Å². The molecule has 0 radical (unpaired) electrons. The van der Waals surface area contributed by atoms with E-state index in [1.54, 1.807) is 26.1 Å². The average Bonchev–Trinajstić information content (AvgIpc) is 3.09. The molecule has 1 heterocycles. The third kappa shape index (κ3) is 3.77. The van der Waals surface area contributed by atoms with Crippen LogP contribution >= 0.6 is 0 Å². The fourth-order valence-electron chi connectivity index (χ4n) is 2.55. The lowest BCUT2D eigenvalue weighted by Crippen LogP contribution is -2.22. The molecule has 0 aliphatic carbocycles. The van der Waals surface area contributed by atoms with Crippen LogP contribution in [-0.4, -0.2) is 22.1 Å². The van der Waals surface area contributed by atoms with E-state index in [0.29, 0.717) is 28.4 Å². The van der Waals surface area contributed by atoms with Crippen molar-refractivity contribution in [2.45, 2.75) is 26.4 Å². The lowest BCUT2D eigenvalue weighted by molar-refractivity contribution is 0.200. The zero-order valence-corrected chi connectivity index (χ0v) is 14.6. The molecule has 2 aromatic carbocycles. The van der Waals surface area contributed by atoms with E-state index in [-0.39, 0.29) is 18.4 Å². The molecule has 0 N–H and O–H groups in total. The van der Waals surface area contributed by atoms with Crippen molar-refractivity contribution in [2.75, 3.05) is 7.05 Å². The predicted octanol–water partition coefficient (Wildman–Crippen LogP) is 4.66. The molecule has 136 valence electrons. The van der Waals surface area contributed by atoms with Crippen LogP contribution in [0, 0.1) is 24.4 Å². The normalized spacial score (nSPS) is 12.6. The Morgan fingerprint density at radius 2 is 1.85 bits per heavy atom. The largest absolute Gasteiger partial charge is 0.337 e. The lowest BCUT2D eigenvalue weighted by Gasteiger charge is -2.21. The first-order valence-electron chi connectivity index (χ1n) is 8.09. The van der Waals surface area contributed by atoms with Gasteiger partial charge in [-0.15, -0.1) is 0 Å². The smallest absolute Gasteiger partial charge is 0.244 e. The summed E-state index contributed by atoms with van der Waals surface area (Å²) in [6.07, 6.45) is 0. The molecule has 0 aliphatic rings. The van der Waals surface area contributed by atoms with Crippen LogP contribution < -0.4 is 0 Å². The summed E-state index contributed by atoms with van der Waals surface area (Å²) in [7, 11) is 1.78. The molecule has 4 nitrogen and oxygen atoms in total. The van der Waals surface area contributed by atoms with Gasteiger partial charge in [0.25, 0.3) is 0 Å². The van der Waals surface area contributed by atoms with Gasteiger partial charge < -0.3 is 4.52 Å². The average molecular weight is 361 g/mol. The van der Waals surface area contributed by atoms with Crippen LogP contribution in [0.5, 0.6) is 0 Å². The molecule has 1 unspecified atom stereocenters. The minimum absolute atomic E-state index is 0.251. The summed E-state index contributed by atoms with van der Waals surface area (Å²) in [5.74, 6) is -0.801. The molecule has 7 heteroatoms. The number of nitrogens with zero attached hydrogens (tertiary/aromatic N) is 3. The summed E-state index contributed by atoms with van der Waals surface area (Å²) < 4.78 is 45.5. The number of aromatic nitrogens is 2. The van der Waals surface area contributed by atoms with E-state index in [9.17, 15) is 13.2 Å². The molecule has 1 aromatic heterocycles. The number of hydrogen-bond acceptors (Lipinski definition) is 4. The summed E-state index contributed by atoms with van der Waals surface area (Å²) in [4.78, 5) is 6.16. The second kappa shape index (κ2) is 7.29. The van der Waals surface area contributed by atoms with E-state index in [1.807, 2.05) is 11.8 Å². The van der Waals surface area contributed by atoms with Gasteiger partial charge in [0.1, 0.15) is 17.5 Å². The van der Waals surface area contributed by atoms with E-state index < -0.39 is 11.6 Å². The van der Waals surface area contributed by atoms with Crippen LogP contribution in [0.15, 0.2) is 40.9 Å². The van der Waals surface area contributed by atoms with Gasteiger partial charge in [0.05, 0.1) is 6.04 Å². The van der Waals surface area contributed by atoms with Crippen LogP contribution in [-0.2, 0) is 6.54 Å². The van der Waals surface area contributed by atoms with Crippen LogP contribution in [0.2, 0.25) is 0 Å². The first-order valence-corrected chi connectivity index (χ1v) is 8.09. The van der Waals surface area contributed by atoms with Crippen molar-refractivity contribution in [1.29, 1.82) is 0 Å². The molecule has 0 fully saturated rings. The van der Waals surface area contributed by atoms with Crippen molar-refractivity contribution in [1.82, 2.24) is 15.0 Å². The van der Waals surface area contributed by atoms with Gasteiger partial charge in [0, 0.05) is 23.7 Å². The van der Waals surface area contributed by atoms with E-state index >= 15 is 0 Å². The molecule has 0 spiro atoms. The Labute approximate surface area is 149 Å². The Kier molecular flexibility index (Phi) is 5.08. The number of aryl methyl sites for hydroxylation is 1. The highest BCUT2D eigenvalue weighted by atomic mass is 19.1. The molecule has 0 saturated carbocycles. The highest BCUT2D eigenvalue weighted by molar-refractivity contribution is 5.55. The molecule has 0 saturated heterocycles. The Morgan fingerprint density at radius 1 is 1.08 bits per heavy atom. The van der Waals surface area contributed by atoms with Gasteiger partial charge in [-0.1, -0.05) is 11.2 Å². The molecule has 0 bridgehead atoms. The SMILES string of the molecule is Cc1cc(-c2noc(C(C)N(C)Cc3ccc(F)cc3F)n2)ccc1F. The molecule has 0 aliphatic heterocycles.